The number of carbonyl (C=O) groups is 1. The lowest BCUT2D eigenvalue weighted by Gasteiger charge is -2.30. The second-order valence-electron chi connectivity index (χ2n) is 4.62. The number of methoxy groups -OCH3 is 1. The second kappa shape index (κ2) is 3.41. The van der Waals surface area contributed by atoms with Gasteiger partial charge in [-0.25, -0.2) is 0 Å². The topological polar surface area (TPSA) is 26.3 Å². The van der Waals surface area contributed by atoms with Crippen molar-refractivity contribution in [1.29, 1.82) is 0 Å². The minimum Gasteiger partial charge on any atom is -0.469 e. The van der Waals surface area contributed by atoms with Gasteiger partial charge in [-0.05, 0) is 25.2 Å². The van der Waals surface area contributed by atoms with Crippen molar-refractivity contribution in [2.24, 2.45) is 17.3 Å². The molecule has 2 heteroatoms. The van der Waals surface area contributed by atoms with Crippen molar-refractivity contribution in [2.45, 2.75) is 32.6 Å². The first-order chi connectivity index (χ1) is 6.72. The highest BCUT2D eigenvalue weighted by Gasteiger charge is 2.51. The van der Waals surface area contributed by atoms with Crippen LogP contribution in [0.15, 0.2) is 12.2 Å². The zero-order valence-corrected chi connectivity index (χ0v) is 8.95. The minimum atomic E-state index is -0.00898. The SMILES string of the molecule is CCCC12C=CC(CC1C(=O)OC)C2. The van der Waals surface area contributed by atoms with Crippen molar-refractivity contribution < 1.29 is 9.53 Å². The third-order valence-corrected chi connectivity index (χ3v) is 3.78. The van der Waals surface area contributed by atoms with Gasteiger partial charge in [0, 0.05) is 5.41 Å². The van der Waals surface area contributed by atoms with Gasteiger partial charge in [0.05, 0.1) is 13.0 Å². The molecule has 2 rings (SSSR count). The van der Waals surface area contributed by atoms with Crippen LogP contribution in [0.1, 0.15) is 32.6 Å². The lowest BCUT2D eigenvalue weighted by Crippen LogP contribution is -2.30. The molecule has 1 fully saturated rings. The van der Waals surface area contributed by atoms with Gasteiger partial charge in [0.2, 0.25) is 0 Å². The van der Waals surface area contributed by atoms with E-state index in [2.05, 4.69) is 19.1 Å². The lowest BCUT2D eigenvalue weighted by molar-refractivity contribution is -0.148. The summed E-state index contributed by atoms with van der Waals surface area (Å²) in [5.41, 5.74) is 0.145. The van der Waals surface area contributed by atoms with E-state index in [-0.39, 0.29) is 17.3 Å². The lowest BCUT2D eigenvalue weighted by atomic mass is 9.75. The summed E-state index contributed by atoms with van der Waals surface area (Å²) in [6.45, 7) is 2.18. The van der Waals surface area contributed by atoms with Crippen LogP contribution in [0.5, 0.6) is 0 Å². The van der Waals surface area contributed by atoms with E-state index in [0.29, 0.717) is 5.92 Å². The third kappa shape index (κ3) is 1.28. The van der Waals surface area contributed by atoms with Gasteiger partial charge in [0.1, 0.15) is 0 Å². The van der Waals surface area contributed by atoms with Crippen molar-refractivity contribution >= 4 is 5.97 Å². The molecule has 2 nitrogen and oxygen atoms in total. The molecular weight excluding hydrogens is 176 g/mol. The first-order valence-electron chi connectivity index (χ1n) is 5.49. The fraction of sp³-hybridized carbons (Fsp3) is 0.750. The predicted molar refractivity (Wildman–Crippen MR) is 54.7 cm³/mol. The van der Waals surface area contributed by atoms with Crippen molar-refractivity contribution in [3.63, 3.8) is 0 Å². The van der Waals surface area contributed by atoms with E-state index >= 15 is 0 Å². The van der Waals surface area contributed by atoms with Gasteiger partial charge in [0.25, 0.3) is 0 Å². The molecule has 3 atom stereocenters. The Balaban J connectivity index is 2.19. The van der Waals surface area contributed by atoms with Crippen LogP contribution in [0.25, 0.3) is 0 Å². The van der Waals surface area contributed by atoms with Gasteiger partial charge in [-0.3, -0.25) is 4.79 Å². The molecule has 78 valence electrons. The molecule has 0 N–H and O–H groups in total. The summed E-state index contributed by atoms with van der Waals surface area (Å²) >= 11 is 0. The Bertz CT molecular complexity index is 269. The van der Waals surface area contributed by atoms with E-state index in [1.165, 1.54) is 13.5 Å². The first-order valence-corrected chi connectivity index (χ1v) is 5.49. The van der Waals surface area contributed by atoms with Crippen molar-refractivity contribution in [1.82, 2.24) is 0 Å². The molecule has 2 aliphatic carbocycles. The number of carbonyl (C=O) groups excluding carboxylic acids is 1. The average molecular weight is 194 g/mol. The maximum Gasteiger partial charge on any atom is 0.309 e. The first kappa shape index (κ1) is 9.75. The molecule has 1 saturated carbocycles. The highest BCUT2D eigenvalue weighted by atomic mass is 16.5. The molecule has 0 aromatic carbocycles. The molecular formula is C12H18O2. The largest absolute Gasteiger partial charge is 0.469 e. The summed E-state index contributed by atoms with van der Waals surface area (Å²) in [5, 5.41) is 0. The van der Waals surface area contributed by atoms with E-state index in [0.717, 1.165) is 19.3 Å². The van der Waals surface area contributed by atoms with Gasteiger partial charge in [-0.15, -0.1) is 0 Å². The normalized spacial score (nSPS) is 39.0. The Hall–Kier alpha value is -0.790. The molecule has 2 bridgehead atoms. The van der Waals surface area contributed by atoms with Crippen LogP contribution in [-0.4, -0.2) is 13.1 Å². The molecule has 0 amide bonds. The molecule has 0 aromatic rings. The maximum absolute atomic E-state index is 11.6. The maximum atomic E-state index is 11.6. The quantitative estimate of drug-likeness (QED) is 0.510. The zero-order chi connectivity index (χ0) is 10.2. The molecule has 0 heterocycles. The van der Waals surface area contributed by atoms with Crippen LogP contribution in [0, 0.1) is 17.3 Å². The molecule has 2 aliphatic rings. The number of allylic oxidation sites excluding steroid dienone is 2. The van der Waals surface area contributed by atoms with Crippen LogP contribution in [0.3, 0.4) is 0 Å². The van der Waals surface area contributed by atoms with Gasteiger partial charge < -0.3 is 4.74 Å². The van der Waals surface area contributed by atoms with Crippen LogP contribution in [0.4, 0.5) is 0 Å². The van der Waals surface area contributed by atoms with Crippen LogP contribution >= 0.6 is 0 Å². The summed E-state index contributed by atoms with van der Waals surface area (Å²) < 4.78 is 4.89. The summed E-state index contributed by atoms with van der Waals surface area (Å²) in [6, 6.07) is 0. The van der Waals surface area contributed by atoms with Gasteiger partial charge >= 0.3 is 5.97 Å². The summed E-state index contributed by atoms with van der Waals surface area (Å²) in [4.78, 5) is 11.6. The fourth-order valence-corrected chi connectivity index (χ4v) is 3.21. The summed E-state index contributed by atoms with van der Waals surface area (Å²) in [7, 11) is 1.50. The molecule has 0 aliphatic heterocycles. The predicted octanol–water partition coefficient (Wildman–Crippen LogP) is 2.54. The number of esters is 1. The molecule has 0 saturated heterocycles. The standard InChI is InChI=1S/C12H18O2/c1-3-5-12-6-4-9(8-12)7-10(12)11(13)14-2/h4,6,9-10H,3,5,7-8H2,1-2H3. The fourth-order valence-electron chi connectivity index (χ4n) is 3.21. The minimum absolute atomic E-state index is 0.00898. The summed E-state index contributed by atoms with van der Waals surface area (Å²) in [5.74, 6) is 0.749. The van der Waals surface area contributed by atoms with E-state index < -0.39 is 0 Å². The van der Waals surface area contributed by atoms with Crippen LogP contribution in [-0.2, 0) is 9.53 Å². The van der Waals surface area contributed by atoms with Crippen molar-refractivity contribution in [3.8, 4) is 0 Å². The molecule has 0 aromatic heterocycles. The Morgan fingerprint density at radius 3 is 3.00 bits per heavy atom. The zero-order valence-electron chi connectivity index (χ0n) is 8.95. The number of hydrogen-bond acceptors (Lipinski definition) is 2. The molecule has 0 spiro atoms. The van der Waals surface area contributed by atoms with Crippen molar-refractivity contribution in [2.75, 3.05) is 7.11 Å². The van der Waals surface area contributed by atoms with Crippen LogP contribution in [0.2, 0.25) is 0 Å². The van der Waals surface area contributed by atoms with Crippen LogP contribution < -0.4 is 0 Å². The monoisotopic (exact) mass is 194 g/mol. The number of fused-ring (bicyclic) bond motifs is 2. The third-order valence-electron chi connectivity index (χ3n) is 3.78. The average Bonchev–Trinajstić information content (AvgIpc) is 2.74. The highest BCUT2D eigenvalue weighted by Crippen LogP contribution is 2.56. The number of hydrogen-bond donors (Lipinski definition) is 0. The van der Waals surface area contributed by atoms with Crippen molar-refractivity contribution in [3.05, 3.63) is 12.2 Å². The Morgan fingerprint density at radius 2 is 2.43 bits per heavy atom. The molecule has 3 unspecified atom stereocenters. The molecule has 14 heavy (non-hydrogen) atoms. The van der Waals surface area contributed by atoms with E-state index in [4.69, 9.17) is 4.74 Å². The van der Waals surface area contributed by atoms with E-state index in [9.17, 15) is 4.79 Å². The Morgan fingerprint density at radius 1 is 1.64 bits per heavy atom. The molecule has 0 radical (unpaired) electrons. The highest BCUT2D eigenvalue weighted by molar-refractivity contribution is 5.74. The van der Waals surface area contributed by atoms with Gasteiger partial charge in [0.15, 0.2) is 0 Å². The second-order valence-corrected chi connectivity index (χ2v) is 4.62. The van der Waals surface area contributed by atoms with Gasteiger partial charge in [-0.2, -0.15) is 0 Å². The number of rotatable bonds is 3. The Labute approximate surface area is 85.3 Å². The van der Waals surface area contributed by atoms with E-state index in [1.54, 1.807) is 0 Å². The van der Waals surface area contributed by atoms with E-state index in [1.807, 2.05) is 0 Å². The summed E-state index contributed by atoms with van der Waals surface area (Å²) in [6.07, 6.45) is 9.00. The smallest absolute Gasteiger partial charge is 0.309 e. The Kier molecular flexibility index (Phi) is 2.38. The van der Waals surface area contributed by atoms with Gasteiger partial charge in [-0.1, -0.05) is 25.5 Å². The number of ether oxygens (including phenoxy) is 1.